The summed E-state index contributed by atoms with van der Waals surface area (Å²) in [6.07, 6.45) is 79.6. The van der Waals surface area contributed by atoms with E-state index < -0.39 is 12.1 Å². The highest BCUT2D eigenvalue weighted by atomic mass is 16.5. The van der Waals surface area contributed by atoms with Crippen LogP contribution in [0.15, 0.2) is 12.2 Å². The van der Waals surface area contributed by atoms with Crippen LogP contribution in [0.1, 0.15) is 393 Å². The molecular formula is C69H135NO5. The smallest absolute Gasteiger partial charge is 0.305 e. The summed E-state index contributed by atoms with van der Waals surface area (Å²) in [6, 6.07) is -0.552. The van der Waals surface area contributed by atoms with Gasteiger partial charge in [-0.2, -0.15) is 0 Å². The second kappa shape index (κ2) is 65.1. The molecule has 6 nitrogen and oxygen atoms in total. The van der Waals surface area contributed by atoms with E-state index in [-0.39, 0.29) is 18.5 Å². The Balaban J connectivity index is 3.41. The summed E-state index contributed by atoms with van der Waals surface area (Å²) >= 11 is 0. The first kappa shape index (κ1) is 73.6. The van der Waals surface area contributed by atoms with Crippen molar-refractivity contribution in [3.8, 4) is 0 Å². The third-order valence-electron chi connectivity index (χ3n) is 16.3. The van der Waals surface area contributed by atoms with Gasteiger partial charge in [0, 0.05) is 12.8 Å². The van der Waals surface area contributed by atoms with E-state index in [1.807, 2.05) is 0 Å². The number of rotatable bonds is 65. The van der Waals surface area contributed by atoms with Crippen molar-refractivity contribution in [2.24, 2.45) is 0 Å². The van der Waals surface area contributed by atoms with Crippen molar-refractivity contribution in [2.45, 2.75) is 405 Å². The molecule has 0 aliphatic carbocycles. The molecule has 0 fully saturated rings. The second-order valence-corrected chi connectivity index (χ2v) is 23.9. The molecular weight excluding hydrogens is 923 g/mol. The minimum absolute atomic E-state index is 0.00908. The van der Waals surface area contributed by atoms with Gasteiger partial charge in [-0.1, -0.05) is 341 Å². The summed E-state index contributed by atoms with van der Waals surface area (Å²) in [4.78, 5) is 24.6. The van der Waals surface area contributed by atoms with Gasteiger partial charge in [0.1, 0.15) is 0 Å². The maximum Gasteiger partial charge on any atom is 0.305 e. The van der Waals surface area contributed by atoms with Gasteiger partial charge in [-0.05, 0) is 51.4 Å². The molecule has 2 atom stereocenters. The van der Waals surface area contributed by atoms with Gasteiger partial charge in [-0.15, -0.1) is 0 Å². The van der Waals surface area contributed by atoms with Gasteiger partial charge in [0.25, 0.3) is 0 Å². The van der Waals surface area contributed by atoms with Gasteiger partial charge in [-0.3, -0.25) is 9.59 Å². The number of aliphatic hydroxyl groups is 2. The van der Waals surface area contributed by atoms with E-state index in [2.05, 4.69) is 31.3 Å². The van der Waals surface area contributed by atoms with Crippen molar-refractivity contribution in [1.29, 1.82) is 0 Å². The zero-order valence-corrected chi connectivity index (χ0v) is 51.1. The molecule has 2 unspecified atom stereocenters. The molecule has 0 spiro atoms. The summed E-state index contributed by atoms with van der Waals surface area (Å²) in [7, 11) is 0. The van der Waals surface area contributed by atoms with E-state index in [4.69, 9.17) is 4.74 Å². The van der Waals surface area contributed by atoms with Crippen LogP contribution in [0, 0.1) is 0 Å². The van der Waals surface area contributed by atoms with Gasteiger partial charge in [-0.25, -0.2) is 0 Å². The lowest BCUT2D eigenvalue weighted by atomic mass is 10.0. The number of amides is 1. The predicted molar refractivity (Wildman–Crippen MR) is 329 cm³/mol. The maximum atomic E-state index is 12.5. The third kappa shape index (κ3) is 61.7. The van der Waals surface area contributed by atoms with Crippen LogP contribution < -0.4 is 5.32 Å². The molecule has 0 heterocycles. The number of carbonyl (C=O) groups excluding carboxylic acids is 2. The quantitative estimate of drug-likeness (QED) is 0.0320. The van der Waals surface area contributed by atoms with E-state index in [9.17, 15) is 19.8 Å². The minimum Gasteiger partial charge on any atom is -0.466 e. The van der Waals surface area contributed by atoms with Crippen LogP contribution in [-0.2, 0) is 14.3 Å². The fraction of sp³-hybridized carbons (Fsp3) is 0.942. The van der Waals surface area contributed by atoms with Crippen LogP contribution in [0.4, 0.5) is 0 Å². The van der Waals surface area contributed by atoms with Crippen LogP contribution in [0.5, 0.6) is 0 Å². The molecule has 0 saturated carbocycles. The molecule has 3 N–H and O–H groups in total. The summed E-state index contributed by atoms with van der Waals surface area (Å²) in [5, 5.41) is 23.4. The Morgan fingerprint density at radius 2 is 0.627 bits per heavy atom. The molecule has 6 heteroatoms. The van der Waals surface area contributed by atoms with E-state index in [0.29, 0.717) is 25.9 Å². The van der Waals surface area contributed by atoms with Crippen molar-refractivity contribution < 1.29 is 24.5 Å². The predicted octanol–water partition coefficient (Wildman–Crippen LogP) is 22.0. The summed E-state index contributed by atoms with van der Waals surface area (Å²) in [5.74, 6) is -0.0355. The Morgan fingerprint density at radius 1 is 0.360 bits per heavy atom. The third-order valence-corrected chi connectivity index (χ3v) is 16.3. The lowest BCUT2D eigenvalue weighted by Crippen LogP contribution is -2.45. The highest BCUT2D eigenvalue weighted by molar-refractivity contribution is 5.76. The molecule has 0 bridgehead atoms. The minimum atomic E-state index is -0.673. The molecule has 0 aliphatic rings. The van der Waals surface area contributed by atoms with Crippen LogP contribution >= 0.6 is 0 Å². The fourth-order valence-electron chi connectivity index (χ4n) is 11.1. The number of nitrogens with one attached hydrogen (secondary N) is 1. The number of carbonyl (C=O) groups is 2. The molecule has 446 valence electrons. The average molecular weight is 1060 g/mol. The molecule has 0 saturated heterocycles. The zero-order valence-electron chi connectivity index (χ0n) is 51.1. The number of unbranched alkanes of at least 4 members (excludes halogenated alkanes) is 52. The van der Waals surface area contributed by atoms with Crippen LogP contribution in [0.2, 0.25) is 0 Å². The first-order chi connectivity index (χ1) is 37.0. The van der Waals surface area contributed by atoms with Gasteiger partial charge in [0.05, 0.1) is 25.4 Å². The van der Waals surface area contributed by atoms with Crippen LogP contribution in [-0.4, -0.2) is 47.4 Å². The Labute approximate surface area is 469 Å². The van der Waals surface area contributed by atoms with Crippen molar-refractivity contribution in [3.63, 3.8) is 0 Å². The molecule has 0 aromatic rings. The van der Waals surface area contributed by atoms with Crippen molar-refractivity contribution in [3.05, 3.63) is 12.2 Å². The van der Waals surface area contributed by atoms with Gasteiger partial charge in [0.2, 0.25) is 5.91 Å². The first-order valence-corrected chi connectivity index (χ1v) is 34.4. The molecule has 75 heavy (non-hydrogen) atoms. The van der Waals surface area contributed by atoms with E-state index in [1.165, 1.54) is 308 Å². The monoisotopic (exact) mass is 1060 g/mol. The van der Waals surface area contributed by atoms with E-state index in [0.717, 1.165) is 51.4 Å². The molecule has 0 aliphatic heterocycles. The SMILES string of the molecule is CCCCCCCCCCCCCCCCCCCCCCCC(O)C(CO)NC(=O)CCCCCCC/C=C\CCCCCCCCCCCOC(=O)CCCCCCCCCCCCCCCCCCCCC. The van der Waals surface area contributed by atoms with Crippen molar-refractivity contribution >= 4 is 11.9 Å². The van der Waals surface area contributed by atoms with Gasteiger partial charge in [0.15, 0.2) is 0 Å². The lowest BCUT2D eigenvalue weighted by molar-refractivity contribution is -0.143. The Morgan fingerprint density at radius 3 is 0.947 bits per heavy atom. The number of hydrogen-bond acceptors (Lipinski definition) is 5. The highest BCUT2D eigenvalue weighted by Gasteiger charge is 2.20. The number of esters is 1. The Kier molecular flexibility index (Phi) is 63.9. The normalized spacial score (nSPS) is 12.5. The van der Waals surface area contributed by atoms with Crippen LogP contribution in [0.25, 0.3) is 0 Å². The first-order valence-electron chi connectivity index (χ1n) is 34.4. The van der Waals surface area contributed by atoms with Crippen LogP contribution in [0.3, 0.4) is 0 Å². The summed E-state index contributed by atoms with van der Waals surface area (Å²) < 4.78 is 5.50. The molecule has 0 aromatic carbocycles. The number of allylic oxidation sites excluding steroid dienone is 2. The second-order valence-electron chi connectivity index (χ2n) is 23.9. The standard InChI is InChI=1S/C69H135NO5/c1-3-5-7-9-11-13-15-17-19-21-23-24-26-29-33-37-41-45-49-53-57-61-67(72)66(65-71)70-68(73)62-58-54-50-46-42-38-34-30-27-28-32-36-40-44-48-52-56-60-64-75-69(74)63-59-55-51-47-43-39-35-31-25-22-20-18-16-14-12-10-8-6-4-2/h30,34,66-67,71-72H,3-29,31-33,35-65H2,1-2H3,(H,70,73)/b34-30-. The summed E-state index contributed by atoms with van der Waals surface area (Å²) in [6.45, 7) is 4.98. The maximum absolute atomic E-state index is 12.5. The Bertz CT molecular complexity index is 1130. The number of ether oxygens (including phenoxy) is 1. The Hall–Kier alpha value is -1.40. The fourth-order valence-corrected chi connectivity index (χ4v) is 11.1. The van der Waals surface area contributed by atoms with E-state index in [1.54, 1.807) is 0 Å². The van der Waals surface area contributed by atoms with Gasteiger partial charge >= 0.3 is 5.97 Å². The molecule has 0 aromatic heterocycles. The highest BCUT2D eigenvalue weighted by Crippen LogP contribution is 2.19. The summed E-state index contributed by atoms with van der Waals surface area (Å²) in [5.41, 5.74) is 0. The number of aliphatic hydroxyl groups excluding tert-OH is 2. The molecule has 0 radical (unpaired) electrons. The largest absolute Gasteiger partial charge is 0.466 e. The van der Waals surface area contributed by atoms with Crippen molar-refractivity contribution in [1.82, 2.24) is 5.32 Å². The number of hydrogen-bond donors (Lipinski definition) is 3. The average Bonchev–Trinajstić information content (AvgIpc) is 3.41. The van der Waals surface area contributed by atoms with Crippen molar-refractivity contribution in [2.75, 3.05) is 13.2 Å². The van der Waals surface area contributed by atoms with Gasteiger partial charge < -0.3 is 20.3 Å². The van der Waals surface area contributed by atoms with E-state index >= 15 is 0 Å². The molecule has 1 amide bonds. The molecule has 0 rings (SSSR count). The topological polar surface area (TPSA) is 95.9 Å². The lowest BCUT2D eigenvalue weighted by Gasteiger charge is -2.22. The zero-order chi connectivity index (χ0) is 54.3.